The fourth-order valence-electron chi connectivity index (χ4n) is 2.12. The Bertz CT molecular complexity index is 506. The maximum absolute atomic E-state index is 12.8. The van der Waals surface area contributed by atoms with Crippen LogP contribution in [0.4, 0.5) is 9.18 Å². The molecule has 0 radical (unpaired) electrons. The number of nitrogens with one attached hydrogen (secondary N) is 1. The number of carboxylic acids is 1. The average molecular weight is 296 g/mol. The third-order valence-corrected chi connectivity index (χ3v) is 3.28. The van der Waals surface area contributed by atoms with Gasteiger partial charge in [-0.3, -0.25) is 0 Å². The van der Waals surface area contributed by atoms with Gasteiger partial charge in [-0.2, -0.15) is 0 Å². The summed E-state index contributed by atoms with van der Waals surface area (Å²) in [7, 11) is 0. The minimum absolute atomic E-state index is 0.000710. The smallest absolute Gasteiger partial charge is 0.328 e. The van der Waals surface area contributed by atoms with Crippen LogP contribution in [0.2, 0.25) is 0 Å². The van der Waals surface area contributed by atoms with Gasteiger partial charge in [-0.15, -0.1) is 0 Å². The lowest BCUT2D eigenvalue weighted by Crippen LogP contribution is -2.55. The maximum Gasteiger partial charge on any atom is 0.328 e. The summed E-state index contributed by atoms with van der Waals surface area (Å²) in [6.07, 6.45) is 0.550. The normalized spacial score (nSPS) is 18.3. The lowest BCUT2D eigenvalue weighted by atomic mass is 10.1. The molecule has 6 nitrogen and oxygen atoms in total. The number of hydrogen-bond acceptors (Lipinski definition) is 3. The Labute approximate surface area is 121 Å². The second kappa shape index (κ2) is 7.03. The van der Waals surface area contributed by atoms with Crippen molar-refractivity contribution in [1.82, 2.24) is 10.2 Å². The van der Waals surface area contributed by atoms with E-state index in [1.165, 1.54) is 17.0 Å². The lowest BCUT2D eigenvalue weighted by Gasteiger charge is -2.32. The van der Waals surface area contributed by atoms with E-state index in [4.69, 9.17) is 9.84 Å². The molecule has 0 spiro atoms. The molecule has 0 aromatic heterocycles. The van der Waals surface area contributed by atoms with Gasteiger partial charge >= 0.3 is 12.0 Å². The van der Waals surface area contributed by atoms with Gasteiger partial charge in [0, 0.05) is 13.1 Å². The largest absolute Gasteiger partial charge is 0.480 e. The maximum atomic E-state index is 12.8. The fraction of sp³-hybridized carbons (Fsp3) is 0.429. The van der Waals surface area contributed by atoms with Gasteiger partial charge in [0.15, 0.2) is 6.04 Å². The van der Waals surface area contributed by atoms with E-state index >= 15 is 0 Å². The molecule has 1 saturated heterocycles. The molecule has 1 fully saturated rings. The minimum atomic E-state index is -1.08. The third-order valence-electron chi connectivity index (χ3n) is 3.28. The Balaban J connectivity index is 1.83. The van der Waals surface area contributed by atoms with Crippen molar-refractivity contribution in [3.8, 4) is 0 Å². The molecule has 1 aromatic rings. The summed E-state index contributed by atoms with van der Waals surface area (Å²) in [5, 5.41) is 11.7. The quantitative estimate of drug-likeness (QED) is 0.864. The second-order valence-electron chi connectivity index (χ2n) is 4.73. The Morgan fingerprint density at radius 2 is 2.10 bits per heavy atom. The average Bonchev–Trinajstić information content (AvgIpc) is 2.49. The first-order valence-electron chi connectivity index (χ1n) is 6.67. The topological polar surface area (TPSA) is 78.9 Å². The number of carbonyl (C=O) groups is 2. The van der Waals surface area contributed by atoms with Crippen LogP contribution in [0, 0.1) is 5.82 Å². The van der Waals surface area contributed by atoms with E-state index in [0.29, 0.717) is 19.6 Å². The van der Waals surface area contributed by atoms with Crippen molar-refractivity contribution >= 4 is 12.0 Å². The van der Waals surface area contributed by atoms with Crippen molar-refractivity contribution in [3.63, 3.8) is 0 Å². The predicted octanol–water partition coefficient (Wildman–Crippen LogP) is 0.863. The molecule has 1 aliphatic rings. The number of hydrogen-bond donors (Lipinski definition) is 2. The highest BCUT2D eigenvalue weighted by atomic mass is 19.1. The molecule has 0 bridgehead atoms. The lowest BCUT2D eigenvalue weighted by molar-refractivity contribution is -0.147. The van der Waals surface area contributed by atoms with Crippen LogP contribution >= 0.6 is 0 Å². The molecule has 114 valence electrons. The van der Waals surface area contributed by atoms with Crippen LogP contribution in [0.1, 0.15) is 5.56 Å². The number of aliphatic carboxylic acids is 1. The summed E-state index contributed by atoms with van der Waals surface area (Å²) in [4.78, 5) is 24.3. The number of amides is 2. The third kappa shape index (κ3) is 4.16. The molecule has 0 saturated carbocycles. The van der Waals surface area contributed by atoms with Gasteiger partial charge < -0.3 is 20.1 Å². The number of nitrogens with zero attached hydrogens (tertiary/aromatic N) is 1. The number of carbonyl (C=O) groups excluding carboxylic acids is 1. The molecule has 2 rings (SSSR count). The number of carboxylic acid groups (broad SMARTS) is 1. The van der Waals surface area contributed by atoms with E-state index in [9.17, 15) is 14.0 Å². The van der Waals surface area contributed by atoms with E-state index in [1.807, 2.05) is 0 Å². The summed E-state index contributed by atoms with van der Waals surface area (Å²) >= 11 is 0. The summed E-state index contributed by atoms with van der Waals surface area (Å²) in [5.74, 6) is -1.39. The molecular weight excluding hydrogens is 279 g/mol. The highest BCUT2D eigenvalue weighted by molar-refractivity contribution is 5.83. The van der Waals surface area contributed by atoms with Gasteiger partial charge in [0.1, 0.15) is 5.82 Å². The van der Waals surface area contributed by atoms with Crippen molar-refractivity contribution in [2.45, 2.75) is 12.5 Å². The number of rotatable bonds is 4. The minimum Gasteiger partial charge on any atom is -0.480 e. The molecule has 1 unspecified atom stereocenters. The van der Waals surface area contributed by atoms with Crippen molar-refractivity contribution in [3.05, 3.63) is 35.6 Å². The van der Waals surface area contributed by atoms with E-state index in [-0.39, 0.29) is 19.0 Å². The van der Waals surface area contributed by atoms with Crippen molar-refractivity contribution in [2.24, 2.45) is 0 Å². The summed E-state index contributed by atoms with van der Waals surface area (Å²) in [5.41, 5.74) is 0.897. The monoisotopic (exact) mass is 296 g/mol. The summed E-state index contributed by atoms with van der Waals surface area (Å²) < 4.78 is 17.8. The number of ether oxygens (including phenoxy) is 1. The van der Waals surface area contributed by atoms with E-state index < -0.39 is 18.0 Å². The molecule has 1 heterocycles. The number of urea groups is 1. The zero-order valence-corrected chi connectivity index (χ0v) is 11.4. The molecule has 1 aliphatic heterocycles. The first kappa shape index (κ1) is 15.2. The highest BCUT2D eigenvalue weighted by Crippen LogP contribution is 2.08. The van der Waals surface area contributed by atoms with Crippen LogP contribution < -0.4 is 5.32 Å². The van der Waals surface area contributed by atoms with Crippen LogP contribution in [0.15, 0.2) is 24.3 Å². The SMILES string of the molecule is O=C(O)C1COCCN1C(=O)NCCc1ccc(F)cc1. The molecule has 2 amide bonds. The first-order chi connectivity index (χ1) is 10.1. The van der Waals surface area contributed by atoms with Gasteiger partial charge in [0.2, 0.25) is 0 Å². The van der Waals surface area contributed by atoms with Gasteiger partial charge in [-0.05, 0) is 24.1 Å². The molecule has 1 aromatic carbocycles. The van der Waals surface area contributed by atoms with Gasteiger partial charge in [-0.25, -0.2) is 14.0 Å². The Morgan fingerprint density at radius 3 is 2.76 bits per heavy atom. The molecule has 21 heavy (non-hydrogen) atoms. The molecule has 2 N–H and O–H groups in total. The molecular formula is C14H17FN2O4. The van der Waals surface area contributed by atoms with Crippen LogP contribution in [-0.2, 0) is 16.0 Å². The van der Waals surface area contributed by atoms with Gasteiger partial charge in [-0.1, -0.05) is 12.1 Å². The zero-order valence-electron chi connectivity index (χ0n) is 11.4. The van der Waals surface area contributed by atoms with Crippen LogP contribution in [0.25, 0.3) is 0 Å². The molecule has 7 heteroatoms. The fourth-order valence-corrected chi connectivity index (χ4v) is 2.12. The first-order valence-corrected chi connectivity index (χ1v) is 6.67. The number of benzene rings is 1. The predicted molar refractivity (Wildman–Crippen MR) is 72.5 cm³/mol. The van der Waals surface area contributed by atoms with Gasteiger partial charge in [0.05, 0.1) is 13.2 Å². The van der Waals surface area contributed by atoms with Crippen molar-refractivity contribution < 1.29 is 23.8 Å². The Morgan fingerprint density at radius 1 is 1.38 bits per heavy atom. The standard InChI is InChI=1S/C14H17FN2O4/c15-11-3-1-10(2-4-11)5-6-16-14(20)17-7-8-21-9-12(17)13(18)19/h1-4,12H,5-9H2,(H,16,20)(H,18,19). The highest BCUT2D eigenvalue weighted by Gasteiger charge is 2.32. The Hall–Kier alpha value is -2.15. The number of morpholine rings is 1. The van der Waals surface area contributed by atoms with E-state index in [1.54, 1.807) is 12.1 Å². The van der Waals surface area contributed by atoms with Crippen molar-refractivity contribution in [2.75, 3.05) is 26.3 Å². The van der Waals surface area contributed by atoms with Gasteiger partial charge in [0.25, 0.3) is 0 Å². The Kier molecular flexibility index (Phi) is 5.10. The van der Waals surface area contributed by atoms with Crippen LogP contribution in [-0.4, -0.2) is 54.4 Å². The zero-order chi connectivity index (χ0) is 15.2. The van der Waals surface area contributed by atoms with E-state index in [2.05, 4.69) is 5.32 Å². The van der Waals surface area contributed by atoms with E-state index in [0.717, 1.165) is 5.56 Å². The molecule has 0 aliphatic carbocycles. The van der Waals surface area contributed by atoms with Crippen LogP contribution in [0.3, 0.4) is 0 Å². The van der Waals surface area contributed by atoms with Crippen molar-refractivity contribution in [1.29, 1.82) is 0 Å². The number of halogens is 1. The van der Waals surface area contributed by atoms with Crippen LogP contribution in [0.5, 0.6) is 0 Å². The molecule has 1 atom stereocenters. The summed E-state index contributed by atoms with van der Waals surface area (Å²) in [6, 6.07) is 4.64. The second-order valence-corrected chi connectivity index (χ2v) is 4.73. The summed E-state index contributed by atoms with van der Waals surface area (Å²) in [6.45, 7) is 0.934.